The van der Waals surface area contributed by atoms with Crippen molar-refractivity contribution in [1.82, 2.24) is 24.6 Å². The number of likely N-dealkylation sites (tertiary alicyclic amines) is 1. The largest absolute Gasteiger partial charge is 0.460 e. The molecular weight excluding hydrogens is 390 g/mol. The van der Waals surface area contributed by atoms with E-state index in [0.717, 1.165) is 12.8 Å². The van der Waals surface area contributed by atoms with E-state index < -0.39 is 5.97 Å². The van der Waals surface area contributed by atoms with Crippen LogP contribution in [-0.2, 0) is 11.3 Å². The highest BCUT2D eigenvalue weighted by molar-refractivity contribution is 7.09. The van der Waals surface area contributed by atoms with E-state index in [0.29, 0.717) is 31.2 Å². The molecule has 0 unspecified atom stereocenters. The van der Waals surface area contributed by atoms with E-state index in [2.05, 4.69) is 21.2 Å². The van der Waals surface area contributed by atoms with E-state index >= 15 is 0 Å². The Bertz CT molecular complexity index is 970. The lowest BCUT2D eigenvalue weighted by Crippen LogP contribution is -2.39. The van der Waals surface area contributed by atoms with Gasteiger partial charge in [0.2, 0.25) is 0 Å². The zero-order chi connectivity index (χ0) is 20.2. The third-order valence-corrected chi connectivity index (χ3v) is 5.95. The van der Waals surface area contributed by atoms with Gasteiger partial charge < -0.3 is 14.2 Å². The molecule has 0 spiro atoms. The van der Waals surface area contributed by atoms with E-state index in [-0.39, 0.29) is 24.3 Å². The van der Waals surface area contributed by atoms with Gasteiger partial charge in [-0.3, -0.25) is 9.89 Å². The molecule has 3 aromatic heterocycles. The molecule has 0 aliphatic carbocycles. The Kier molecular flexibility index (Phi) is 5.75. The lowest BCUT2D eigenvalue weighted by atomic mass is 9.96. The first-order chi connectivity index (χ1) is 14.2. The molecule has 0 atom stereocenters. The highest BCUT2D eigenvalue weighted by Gasteiger charge is 2.28. The number of thiophene rings is 1. The van der Waals surface area contributed by atoms with Gasteiger partial charge in [0.05, 0.1) is 13.2 Å². The van der Waals surface area contributed by atoms with Crippen molar-refractivity contribution in [3.63, 3.8) is 0 Å². The third kappa shape index (κ3) is 4.24. The van der Waals surface area contributed by atoms with Gasteiger partial charge in [-0.1, -0.05) is 6.07 Å². The molecule has 1 N–H and O–H groups in total. The molecular formula is C20H23N5O3S. The second-order valence-electron chi connectivity index (χ2n) is 6.93. The normalized spacial score (nSPS) is 14.9. The van der Waals surface area contributed by atoms with Crippen molar-refractivity contribution >= 4 is 23.2 Å². The summed E-state index contributed by atoms with van der Waals surface area (Å²) in [6.07, 6.45) is 3.49. The number of nitrogens with one attached hydrogen (secondary N) is 1. The maximum Gasteiger partial charge on any atom is 0.378 e. The highest BCUT2D eigenvalue weighted by atomic mass is 32.1. The van der Waals surface area contributed by atoms with Crippen molar-refractivity contribution in [2.24, 2.45) is 0 Å². The van der Waals surface area contributed by atoms with Crippen LogP contribution in [0, 0.1) is 0 Å². The zero-order valence-corrected chi connectivity index (χ0v) is 17.0. The number of hydrogen-bond donors (Lipinski definition) is 1. The monoisotopic (exact) mass is 413 g/mol. The molecule has 8 nitrogen and oxygen atoms in total. The Labute approximate surface area is 172 Å². The van der Waals surface area contributed by atoms with Gasteiger partial charge in [0.1, 0.15) is 11.5 Å². The number of amides is 1. The maximum atomic E-state index is 13.0. The number of H-pyrrole nitrogens is 1. The van der Waals surface area contributed by atoms with Crippen LogP contribution in [0.3, 0.4) is 0 Å². The van der Waals surface area contributed by atoms with Gasteiger partial charge in [0.15, 0.2) is 0 Å². The van der Waals surface area contributed by atoms with Gasteiger partial charge in [0, 0.05) is 30.1 Å². The first-order valence-electron chi connectivity index (χ1n) is 9.72. The number of ether oxygens (including phenoxy) is 1. The predicted molar refractivity (Wildman–Crippen MR) is 108 cm³/mol. The summed E-state index contributed by atoms with van der Waals surface area (Å²) in [6.45, 7) is 4.02. The second-order valence-corrected chi connectivity index (χ2v) is 7.96. The van der Waals surface area contributed by atoms with Gasteiger partial charge in [-0.2, -0.15) is 0 Å². The predicted octanol–water partition coefficient (Wildman–Crippen LogP) is 2.91. The molecule has 0 bridgehead atoms. The summed E-state index contributed by atoms with van der Waals surface area (Å²) in [5, 5.41) is 8.85. The smallest absolute Gasteiger partial charge is 0.378 e. The summed E-state index contributed by atoms with van der Waals surface area (Å²) in [5.74, 6) is 0.421. The van der Waals surface area contributed by atoms with Crippen LogP contribution in [0.4, 0.5) is 0 Å². The summed E-state index contributed by atoms with van der Waals surface area (Å²) in [5.41, 5.74) is 0.709. The lowest BCUT2D eigenvalue weighted by Gasteiger charge is -2.31. The average molecular weight is 414 g/mol. The fourth-order valence-electron chi connectivity index (χ4n) is 3.58. The van der Waals surface area contributed by atoms with Crippen molar-refractivity contribution in [2.75, 3.05) is 19.7 Å². The number of carbonyl (C=O) groups excluding carboxylic acids is 2. The molecule has 152 valence electrons. The minimum absolute atomic E-state index is 0.0507. The SMILES string of the molecule is CCOC(=O)c1n[nH]c(C2CCN(C(=O)c3cccn3Cc3cccs3)CC2)n1. The van der Waals surface area contributed by atoms with Crippen molar-refractivity contribution in [1.29, 1.82) is 0 Å². The molecule has 0 saturated carbocycles. The number of esters is 1. The Balaban J connectivity index is 1.37. The molecule has 1 aliphatic rings. The molecule has 1 amide bonds. The molecule has 1 saturated heterocycles. The van der Waals surface area contributed by atoms with Gasteiger partial charge in [-0.15, -0.1) is 16.4 Å². The number of hydrogen-bond acceptors (Lipinski definition) is 6. The van der Waals surface area contributed by atoms with Gasteiger partial charge in [-0.25, -0.2) is 9.78 Å². The Morgan fingerprint density at radius 2 is 2.10 bits per heavy atom. The van der Waals surface area contributed by atoms with Crippen molar-refractivity contribution in [3.05, 3.63) is 58.1 Å². The Hall–Kier alpha value is -2.94. The first kappa shape index (κ1) is 19.4. The summed E-state index contributed by atoms with van der Waals surface area (Å²) >= 11 is 1.69. The van der Waals surface area contributed by atoms with Crippen LogP contribution < -0.4 is 0 Å². The summed E-state index contributed by atoms with van der Waals surface area (Å²) in [4.78, 5) is 32.2. The topological polar surface area (TPSA) is 93.1 Å². The van der Waals surface area contributed by atoms with Crippen LogP contribution in [0.15, 0.2) is 35.8 Å². The number of aromatic nitrogens is 4. The molecule has 4 rings (SSSR count). The minimum atomic E-state index is -0.519. The highest BCUT2D eigenvalue weighted by Crippen LogP contribution is 2.26. The molecule has 0 aromatic carbocycles. The number of nitrogens with zero attached hydrogens (tertiary/aromatic N) is 4. The standard InChI is InChI=1S/C20H23N5O3S/c1-2-28-20(27)18-21-17(22-23-18)14-7-10-24(11-8-14)19(26)16-6-3-9-25(16)13-15-5-4-12-29-15/h3-6,9,12,14H,2,7-8,10-11,13H2,1H3,(H,21,22,23). The van der Waals surface area contributed by atoms with E-state index in [1.54, 1.807) is 18.3 Å². The fraction of sp³-hybridized carbons (Fsp3) is 0.400. The summed E-state index contributed by atoms with van der Waals surface area (Å²) in [6, 6.07) is 7.89. The Morgan fingerprint density at radius 3 is 2.83 bits per heavy atom. The quantitative estimate of drug-likeness (QED) is 0.627. The molecule has 1 aliphatic heterocycles. The van der Waals surface area contributed by atoms with Crippen molar-refractivity contribution in [3.8, 4) is 0 Å². The molecule has 3 aromatic rings. The van der Waals surface area contributed by atoms with Crippen LogP contribution in [0.1, 0.15) is 57.5 Å². The van der Waals surface area contributed by atoms with Crippen molar-refractivity contribution in [2.45, 2.75) is 32.2 Å². The van der Waals surface area contributed by atoms with Gasteiger partial charge in [0.25, 0.3) is 11.7 Å². The van der Waals surface area contributed by atoms with E-state index in [1.165, 1.54) is 4.88 Å². The Morgan fingerprint density at radius 1 is 1.28 bits per heavy atom. The second kappa shape index (κ2) is 8.60. The average Bonchev–Trinajstić information content (AvgIpc) is 3.50. The zero-order valence-electron chi connectivity index (χ0n) is 16.2. The van der Waals surface area contributed by atoms with Crippen LogP contribution in [0.5, 0.6) is 0 Å². The van der Waals surface area contributed by atoms with Gasteiger partial charge in [-0.05, 0) is 43.3 Å². The number of rotatable bonds is 6. The molecule has 29 heavy (non-hydrogen) atoms. The van der Waals surface area contributed by atoms with Crippen LogP contribution >= 0.6 is 11.3 Å². The minimum Gasteiger partial charge on any atom is -0.460 e. The summed E-state index contributed by atoms with van der Waals surface area (Å²) in [7, 11) is 0. The number of piperidine rings is 1. The van der Waals surface area contributed by atoms with Crippen LogP contribution in [0.2, 0.25) is 0 Å². The maximum absolute atomic E-state index is 13.0. The molecule has 1 fully saturated rings. The lowest BCUT2D eigenvalue weighted by molar-refractivity contribution is 0.0512. The molecule has 4 heterocycles. The van der Waals surface area contributed by atoms with E-state index in [1.807, 2.05) is 39.2 Å². The first-order valence-corrected chi connectivity index (χ1v) is 10.6. The van der Waals surface area contributed by atoms with E-state index in [9.17, 15) is 9.59 Å². The van der Waals surface area contributed by atoms with Crippen LogP contribution in [0.25, 0.3) is 0 Å². The van der Waals surface area contributed by atoms with E-state index in [4.69, 9.17) is 4.74 Å². The third-order valence-electron chi connectivity index (χ3n) is 5.08. The number of aromatic amines is 1. The van der Waals surface area contributed by atoms with Crippen molar-refractivity contribution < 1.29 is 14.3 Å². The van der Waals surface area contributed by atoms with Gasteiger partial charge >= 0.3 is 5.97 Å². The number of carbonyl (C=O) groups is 2. The molecule has 9 heteroatoms. The molecule has 0 radical (unpaired) electrons. The van der Waals surface area contributed by atoms with Crippen LogP contribution in [-0.4, -0.2) is 56.2 Å². The fourth-order valence-corrected chi connectivity index (χ4v) is 4.28. The summed E-state index contributed by atoms with van der Waals surface area (Å²) < 4.78 is 6.93.